The summed E-state index contributed by atoms with van der Waals surface area (Å²) in [5.41, 5.74) is 2.73. The Bertz CT molecular complexity index is 1530. The van der Waals surface area contributed by atoms with E-state index in [9.17, 15) is 13.6 Å². The van der Waals surface area contributed by atoms with E-state index in [0.717, 1.165) is 40.9 Å². The van der Waals surface area contributed by atoms with Crippen LogP contribution in [0.5, 0.6) is 5.75 Å². The molecule has 0 spiro atoms. The summed E-state index contributed by atoms with van der Waals surface area (Å²) < 4.78 is 49.8. The lowest BCUT2D eigenvalue weighted by Crippen LogP contribution is -2.51. The maximum absolute atomic E-state index is 15.3. The summed E-state index contributed by atoms with van der Waals surface area (Å²) in [4.78, 5) is 22.1. The molecule has 6 nitrogen and oxygen atoms in total. The Morgan fingerprint density at radius 3 is 2.68 bits per heavy atom. The fourth-order valence-corrected chi connectivity index (χ4v) is 5.31. The first kappa shape index (κ1) is 23.4. The monoisotopic (exact) mass is 506 g/mol. The van der Waals surface area contributed by atoms with Crippen molar-refractivity contribution in [2.45, 2.75) is 12.6 Å². The number of anilines is 2. The number of aromatic amines is 1. The number of H-pyrrole nitrogens is 1. The minimum atomic E-state index is -0.882. The van der Waals surface area contributed by atoms with Gasteiger partial charge in [0.25, 0.3) is 5.91 Å². The van der Waals surface area contributed by atoms with Crippen LogP contribution in [0.25, 0.3) is 10.9 Å². The second kappa shape index (κ2) is 8.85. The van der Waals surface area contributed by atoms with Crippen molar-refractivity contribution in [2.24, 2.45) is 0 Å². The number of amides is 1. The zero-order chi connectivity index (χ0) is 25.8. The van der Waals surface area contributed by atoms with Gasteiger partial charge in [0.15, 0.2) is 12.0 Å². The van der Waals surface area contributed by atoms with Gasteiger partial charge in [-0.05, 0) is 68.5 Å². The molecule has 3 aromatic carbocycles. The van der Waals surface area contributed by atoms with Crippen molar-refractivity contribution in [3.05, 3.63) is 88.9 Å². The van der Waals surface area contributed by atoms with Gasteiger partial charge in [-0.2, -0.15) is 0 Å². The third-order valence-corrected chi connectivity index (χ3v) is 6.97. The summed E-state index contributed by atoms with van der Waals surface area (Å²) in [5.74, 6) is -1.97. The summed E-state index contributed by atoms with van der Waals surface area (Å²) in [6, 6.07) is 13.3. The number of carbonyl (C=O) groups excluding carboxylic acids is 1. The quantitative estimate of drug-likeness (QED) is 0.395. The van der Waals surface area contributed by atoms with E-state index in [2.05, 4.69) is 4.98 Å². The summed E-state index contributed by atoms with van der Waals surface area (Å²) in [7, 11) is 3.96. The molecule has 1 aromatic heterocycles. The molecule has 1 unspecified atom stereocenters. The Kier molecular flexibility index (Phi) is 5.60. The molecule has 2 aliphatic heterocycles. The molecule has 0 fully saturated rings. The first-order valence-electron chi connectivity index (χ1n) is 12.1. The van der Waals surface area contributed by atoms with E-state index in [4.69, 9.17) is 4.74 Å². The van der Waals surface area contributed by atoms with E-state index >= 15 is 4.39 Å². The van der Waals surface area contributed by atoms with Gasteiger partial charge < -0.3 is 24.4 Å². The van der Waals surface area contributed by atoms with E-state index in [1.54, 1.807) is 15.9 Å². The lowest BCUT2D eigenvalue weighted by Gasteiger charge is -2.47. The van der Waals surface area contributed by atoms with Crippen molar-refractivity contribution >= 4 is 28.2 Å². The number of aromatic nitrogens is 1. The molecule has 0 bridgehead atoms. The number of nitrogens with zero attached hydrogens (tertiary/aromatic N) is 3. The maximum atomic E-state index is 15.3. The third-order valence-electron chi connectivity index (χ3n) is 6.97. The van der Waals surface area contributed by atoms with Gasteiger partial charge in [0.2, 0.25) is 0 Å². The fraction of sp³-hybridized carbons (Fsp3) is 0.250. The van der Waals surface area contributed by atoms with Crippen LogP contribution < -0.4 is 9.64 Å². The van der Waals surface area contributed by atoms with E-state index in [1.165, 1.54) is 18.2 Å². The lowest BCUT2D eigenvalue weighted by molar-refractivity contribution is 0.0639. The molecule has 1 N–H and O–H groups in total. The van der Waals surface area contributed by atoms with Crippen molar-refractivity contribution in [2.75, 3.05) is 38.7 Å². The predicted molar refractivity (Wildman–Crippen MR) is 135 cm³/mol. The van der Waals surface area contributed by atoms with Gasteiger partial charge >= 0.3 is 0 Å². The van der Waals surface area contributed by atoms with Crippen LogP contribution in [0.2, 0.25) is 0 Å². The number of halogens is 3. The number of ether oxygens (including phenoxy) is 1. The van der Waals surface area contributed by atoms with Crippen LogP contribution in [-0.2, 0) is 6.42 Å². The second-order valence-electron chi connectivity index (χ2n) is 9.63. The average Bonchev–Trinajstić information content (AvgIpc) is 3.23. The van der Waals surface area contributed by atoms with Gasteiger partial charge in [-0.3, -0.25) is 4.79 Å². The van der Waals surface area contributed by atoms with E-state index < -0.39 is 29.5 Å². The molecule has 0 saturated carbocycles. The van der Waals surface area contributed by atoms with Gasteiger partial charge in [0, 0.05) is 35.7 Å². The van der Waals surface area contributed by atoms with Crippen LogP contribution in [0, 0.1) is 17.5 Å². The largest absolute Gasteiger partial charge is 0.492 e. The molecule has 6 rings (SSSR count). The highest BCUT2D eigenvalue weighted by Crippen LogP contribution is 2.48. The Balaban J connectivity index is 1.51. The summed E-state index contributed by atoms with van der Waals surface area (Å²) >= 11 is 0. The van der Waals surface area contributed by atoms with Crippen molar-refractivity contribution in [1.29, 1.82) is 0 Å². The van der Waals surface area contributed by atoms with Crippen molar-refractivity contribution in [3.63, 3.8) is 0 Å². The minimum Gasteiger partial charge on any atom is -0.492 e. The molecule has 4 aromatic rings. The Morgan fingerprint density at radius 1 is 1.05 bits per heavy atom. The highest BCUT2D eigenvalue weighted by Gasteiger charge is 2.45. The van der Waals surface area contributed by atoms with E-state index in [-0.39, 0.29) is 11.3 Å². The van der Waals surface area contributed by atoms with Crippen molar-refractivity contribution in [3.8, 4) is 5.75 Å². The van der Waals surface area contributed by atoms with Crippen LogP contribution >= 0.6 is 0 Å². The summed E-state index contributed by atoms with van der Waals surface area (Å²) in [6.07, 6.45) is -0.223. The number of rotatable bonds is 5. The number of likely N-dealkylation sites (N-methyl/N-ethyl adjacent to an activating group) is 1. The SMILES string of the molecule is CN(C)CCOc1ccc2[nH]c3c(c2c1)CCN1C(=O)c2cc(F)cc(F)c2N(c2cccc(F)c2)C31. The zero-order valence-corrected chi connectivity index (χ0v) is 20.4. The molecule has 37 heavy (non-hydrogen) atoms. The minimum absolute atomic E-state index is 0.0718. The number of hydrogen-bond acceptors (Lipinski definition) is 4. The summed E-state index contributed by atoms with van der Waals surface area (Å²) in [6.45, 7) is 1.64. The summed E-state index contributed by atoms with van der Waals surface area (Å²) in [5, 5.41) is 0.953. The molecule has 9 heteroatoms. The standard InChI is InChI=1S/C28H25F3N4O2/c1-33(2)10-11-37-19-6-7-24-21(15-19)20-8-9-34-27(25(20)32-24)35(18-5-3-4-16(29)12-18)26-22(28(34)36)13-17(30)14-23(26)31/h3-7,12-15,27,32H,8-11H2,1-2H3. The lowest BCUT2D eigenvalue weighted by atomic mass is 9.94. The van der Waals surface area contributed by atoms with Gasteiger partial charge in [-0.15, -0.1) is 0 Å². The highest BCUT2D eigenvalue weighted by molar-refractivity contribution is 6.04. The van der Waals surface area contributed by atoms with Crippen LogP contribution in [0.1, 0.15) is 27.8 Å². The number of fused-ring (bicyclic) bond motifs is 6. The molecule has 190 valence electrons. The van der Waals surface area contributed by atoms with Crippen LogP contribution in [0.15, 0.2) is 54.6 Å². The molecule has 1 amide bonds. The Hall–Kier alpha value is -3.98. The molecule has 0 aliphatic carbocycles. The highest BCUT2D eigenvalue weighted by atomic mass is 19.1. The molecule has 3 heterocycles. The van der Waals surface area contributed by atoms with Crippen LogP contribution in [0.3, 0.4) is 0 Å². The molecule has 2 aliphatic rings. The number of hydrogen-bond donors (Lipinski definition) is 1. The van der Waals surface area contributed by atoms with Gasteiger partial charge in [0.1, 0.15) is 24.0 Å². The Morgan fingerprint density at radius 2 is 1.89 bits per heavy atom. The molecular weight excluding hydrogens is 481 g/mol. The van der Waals surface area contributed by atoms with Crippen molar-refractivity contribution < 1.29 is 22.7 Å². The first-order valence-corrected chi connectivity index (χ1v) is 12.1. The Labute approximate surface area is 211 Å². The third kappa shape index (κ3) is 3.90. The average molecular weight is 507 g/mol. The second-order valence-corrected chi connectivity index (χ2v) is 9.63. The molecule has 0 saturated heterocycles. The van der Waals surface area contributed by atoms with Gasteiger partial charge in [0.05, 0.1) is 16.9 Å². The number of carbonyl (C=O) groups is 1. The smallest absolute Gasteiger partial charge is 0.258 e. The molecule has 0 radical (unpaired) electrons. The zero-order valence-electron chi connectivity index (χ0n) is 20.4. The van der Waals surface area contributed by atoms with E-state index in [1.807, 2.05) is 37.2 Å². The normalized spacial score (nSPS) is 16.7. The number of nitrogens with one attached hydrogen (secondary N) is 1. The first-order chi connectivity index (χ1) is 17.8. The van der Waals surface area contributed by atoms with Gasteiger partial charge in [-0.25, -0.2) is 13.2 Å². The van der Waals surface area contributed by atoms with E-state index in [0.29, 0.717) is 31.0 Å². The van der Waals surface area contributed by atoms with Crippen molar-refractivity contribution in [1.82, 2.24) is 14.8 Å². The maximum Gasteiger partial charge on any atom is 0.258 e. The number of benzene rings is 3. The van der Waals surface area contributed by atoms with Crippen LogP contribution in [-0.4, -0.2) is 54.5 Å². The topological polar surface area (TPSA) is 51.8 Å². The predicted octanol–water partition coefficient (Wildman–Crippen LogP) is 5.37. The fourth-order valence-electron chi connectivity index (χ4n) is 5.31. The van der Waals surface area contributed by atoms with Gasteiger partial charge in [-0.1, -0.05) is 6.07 Å². The molecular formula is C28H25F3N4O2. The van der Waals surface area contributed by atoms with Crippen LogP contribution in [0.4, 0.5) is 24.5 Å². The molecule has 1 atom stereocenters.